The number of carbonyl (C=O) groups is 2. The predicted octanol–water partition coefficient (Wildman–Crippen LogP) is 2.41. The molecule has 2 aliphatic heterocycles. The quantitative estimate of drug-likeness (QED) is 0.236. The number of rotatable bonds is 9. The summed E-state index contributed by atoms with van der Waals surface area (Å²) < 4.78 is 16.5. The van der Waals surface area contributed by atoms with Crippen molar-refractivity contribution in [3.63, 3.8) is 0 Å². The SMILES string of the molecule is CC(C)(C=C(C#N)C(=O)N1CCCCC[C@H]1COC(=O)NC(Cc1coc2ccccc12)B(O)O)N1CCOCC1. The molecule has 3 heterocycles. The third-order valence-electron chi connectivity index (χ3n) is 7.88. The summed E-state index contributed by atoms with van der Waals surface area (Å²) in [5.41, 5.74) is 0.931. The van der Waals surface area contributed by atoms with Gasteiger partial charge >= 0.3 is 13.2 Å². The minimum absolute atomic E-state index is 0.0636. The van der Waals surface area contributed by atoms with Crippen LogP contribution in [-0.4, -0.2) is 95.9 Å². The molecule has 3 N–H and O–H groups in total. The number of likely N-dealkylation sites (tertiary alicyclic amines) is 1. The van der Waals surface area contributed by atoms with Gasteiger partial charge in [-0.3, -0.25) is 9.69 Å². The van der Waals surface area contributed by atoms with Gasteiger partial charge in [0.15, 0.2) is 0 Å². The number of morpholine rings is 1. The molecule has 0 aliphatic carbocycles. The molecule has 1 aromatic carbocycles. The first-order chi connectivity index (χ1) is 19.7. The van der Waals surface area contributed by atoms with E-state index in [2.05, 4.69) is 16.3 Å². The fourth-order valence-electron chi connectivity index (χ4n) is 5.52. The highest BCUT2D eigenvalue weighted by molar-refractivity contribution is 6.43. The van der Waals surface area contributed by atoms with Crippen LogP contribution in [0, 0.1) is 11.3 Å². The molecule has 0 bridgehead atoms. The molecule has 1 aromatic heterocycles. The number of fused-ring (bicyclic) bond motifs is 1. The molecule has 2 saturated heterocycles. The molecule has 0 spiro atoms. The second kappa shape index (κ2) is 14.0. The number of hydrogen-bond donors (Lipinski definition) is 3. The van der Waals surface area contributed by atoms with Gasteiger partial charge in [0.1, 0.15) is 23.8 Å². The second-order valence-corrected chi connectivity index (χ2v) is 11.1. The number of nitriles is 1. The van der Waals surface area contributed by atoms with E-state index in [1.54, 1.807) is 17.0 Å². The molecule has 2 atom stereocenters. The van der Waals surface area contributed by atoms with Crippen LogP contribution in [0.2, 0.25) is 0 Å². The Balaban J connectivity index is 1.40. The molecule has 11 nitrogen and oxygen atoms in total. The van der Waals surface area contributed by atoms with Crippen molar-refractivity contribution in [3.05, 3.63) is 47.7 Å². The largest absolute Gasteiger partial charge is 0.475 e. The topological polar surface area (TPSA) is 148 Å². The Morgan fingerprint density at radius 1 is 1.22 bits per heavy atom. The summed E-state index contributed by atoms with van der Waals surface area (Å²) in [6.45, 7) is 6.98. The number of hydrogen-bond acceptors (Lipinski definition) is 9. The lowest BCUT2D eigenvalue weighted by Crippen LogP contribution is -2.50. The fraction of sp³-hybridized carbons (Fsp3) is 0.552. The lowest BCUT2D eigenvalue weighted by molar-refractivity contribution is -0.129. The van der Waals surface area contributed by atoms with Crippen LogP contribution >= 0.6 is 0 Å². The Kier molecular flexibility index (Phi) is 10.4. The first-order valence-corrected chi connectivity index (χ1v) is 14.2. The van der Waals surface area contributed by atoms with Gasteiger partial charge in [-0.25, -0.2) is 4.79 Å². The molecule has 2 aliphatic rings. The Labute approximate surface area is 240 Å². The molecule has 2 fully saturated rings. The van der Waals surface area contributed by atoms with E-state index in [1.807, 2.05) is 32.0 Å². The van der Waals surface area contributed by atoms with Gasteiger partial charge in [0, 0.05) is 30.6 Å². The van der Waals surface area contributed by atoms with Crippen LogP contribution in [0.25, 0.3) is 11.0 Å². The Bertz CT molecular complexity index is 1270. The monoisotopic (exact) mass is 566 g/mol. The number of carbonyl (C=O) groups excluding carboxylic acids is 2. The summed E-state index contributed by atoms with van der Waals surface area (Å²) >= 11 is 0. The van der Waals surface area contributed by atoms with Crippen molar-refractivity contribution in [2.75, 3.05) is 39.5 Å². The van der Waals surface area contributed by atoms with E-state index in [-0.39, 0.29) is 24.5 Å². The van der Waals surface area contributed by atoms with Crippen LogP contribution < -0.4 is 5.32 Å². The van der Waals surface area contributed by atoms with Gasteiger partial charge in [-0.15, -0.1) is 0 Å². The van der Waals surface area contributed by atoms with Gasteiger partial charge in [-0.05, 0) is 50.8 Å². The predicted molar refractivity (Wildman–Crippen MR) is 153 cm³/mol. The number of ether oxygens (including phenoxy) is 2. The maximum absolute atomic E-state index is 13.6. The van der Waals surface area contributed by atoms with Crippen LogP contribution in [0.4, 0.5) is 4.79 Å². The molecule has 41 heavy (non-hydrogen) atoms. The van der Waals surface area contributed by atoms with Crippen molar-refractivity contribution >= 4 is 30.1 Å². The summed E-state index contributed by atoms with van der Waals surface area (Å²) in [5, 5.41) is 33.1. The van der Waals surface area contributed by atoms with Gasteiger partial charge in [-0.1, -0.05) is 31.0 Å². The van der Waals surface area contributed by atoms with Crippen molar-refractivity contribution in [2.24, 2.45) is 0 Å². The smallest absolute Gasteiger partial charge is 0.464 e. The van der Waals surface area contributed by atoms with Crippen LogP contribution in [0.15, 0.2) is 46.6 Å². The third-order valence-corrected chi connectivity index (χ3v) is 7.88. The van der Waals surface area contributed by atoms with E-state index in [4.69, 9.17) is 13.9 Å². The maximum Gasteiger partial charge on any atom is 0.475 e. The minimum atomic E-state index is -1.83. The average molecular weight is 566 g/mol. The summed E-state index contributed by atoms with van der Waals surface area (Å²) in [4.78, 5) is 30.2. The van der Waals surface area contributed by atoms with Crippen LogP contribution in [-0.2, 0) is 20.7 Å². The number of para-hydroxylation sites is 1. The summed E-state index contributed by atoms with van der Waals surface area (Å²) in [5.74, 6) is -1.41. The lowest BCUT2D eigenvalue weighted by atomic mass is 9.76. The molecule has 1 unspecified atom stereocenters. The van der Waals surface area contributed by atoms with Crippen LogP contribution in [0.5, 0.6) is 0 Å². The number of furan rings is 1. The molecule has 2 amide bonds. The Morgan fingerprint density at radius 2 is 1.98 bits per heavy atom. The number of benzene rings is 1. The highest BCUT2D eigenvalue weighted by Crippen LogP contribution is 2.24. The normalized spacial score (nSPS) is 19.7. The van der Waals surface area contributed by atoms with Gasteiger partial charge < -0.3 is 34.2 Å². The van der Waals surface area contributed by atoms with Gasteiger partial charge in [-0.2, -0.15) is 5.26 Å². The summed E-state index contributed by atoms with van der Waals surface area (Å²) in [6, 6.07) is 9.05. The molecule has 12 heteroatoms. The molecule has 0 radical (unpaired) electrons. The van der Waals surface area contributed by atoms with E-state index < -0.39 is 30.7 Å². The Hall–Kier alpha value is -3.37. The van der Waals surface area contributed by atoms with Gasteiger partial charge in [0.25, 0.3) is 5.91 Å². The van der Waals surface area contributed by atoms with E-state index in [1.165, 1.54) is 6.26 Å². The molecular weight excluding hydrogens is 527 g/mol. The van der Waals surface area contributed by atoms with Crippen molar-refractivity contribution in [1.82, 2.24) is 15.1 Å². The molecule has 220 valence electrons. The zero-order valence-corrected chi connectivity index (χ0v) is 23.8. The minimum Gasteiger partial charge on any atom is -0.464 e. The van der Waals surface area contributed by atoms with Crippen molar-refractivity contribution in [2.45, 2.75) is 63.5 Å². The average Bonchev–Trinajstić information content (AvgIpc) is 3.22. The van der Waals surface area contributed by atoms with Crippen molar-refractivity contribution in [1.29, 1.82) is 5.26 Å². The molecule has 2 aromatic rings. The van der Waals surface area contributed by atoms with Crippen LogP contribution in [0.3, 0.4) is 0 Å². The van der Waals surface area contributed by atoms with E-state index in [9.17, 15) is 24.9 Å². The zero-order valence-electron chi connectivity index (χ0n) is 23.8. The van der Waals surface area contributed by atoms with Gasteiger partial charge in [0.05, 0.1) is 31.5 Å². The lowest BCUT2D eigenvalue weighted by Gasteiger charge is -2.39. The first-order valence-electron chi connectivity index (χ1n) is 14.2. The summed E-state index contributed by atoms with van der Waals surface area (Å²) in [7, 11) is -1.83. The van der Waals surface area contributed by atoms with Gasteiger partial charge in [0.2, 0.25) is 0 Å². The standard InChI is InChI=1S/C29H39BN4O7/c1-29(2,33-12-14-39-15-13-33)17-22(18-31)27(35)34-11-7-3-4-8-23(34)20-41-28(36)32-26(30(37)38)16-21-19-40-25-10-6-5-9-24(21)25/h5-6,9-10,17,19,23,26,37-38H,3-4,7-8,11-16,20H2,1-2H3,(H,32,36)/t23-,26?/m0/s1. The van der Waals surface area contributed by atoms with E-state index >= 15 is 0 Å². The number of nitrogens with zero attached hydrogens (tertiary/aromatic N) is 3. The number of amides is 2. The maximum atomic E-state index is 13.6. The first kappa shape index (κ1) is 30.6. The molecule has 0 saturated carbocycles. The van der Waals surface area contributed by atoms with Crippen molar-refractivity contribution < 1.29 is 33.5 Å². The van der Waals surface area contributed by atoms with E-state index in [0.717, 1.165) is 30.2 Å². The number of nitrogens with one attached hydrogen (secondary N) is 1. The second-order valence-electron chi connectivity index (χ2n) is 11.1. The number of alkyl carbamates (subject to hydrolysis) is 1. The zero-order chi connectivity index (χ0) is 29.4. The highest BCUT2D eigenvalue weighted by atomic mass is 16.5. The molecule has 4 rings (SSSR count). The van der Waals surface area contributed by atoms with E-state index in [0.29, 0.717) is 44.9 Å². The Morgan fingerprint density at radius 3 is 2.71 bits per heavy atom. The highest BCUT2D eigenvalue weighted by Gasteiger charge is 2.33. The third kappa shape index (κ3) is 7.89. The fourth-order valence-corrected chi connectivity index (χ4v) is 5.52. The van der Waals surface area contributed by atoms with Crippen molar-refractivity contribution in [3.8, 4) is 6.07 Å². The molecular formula is C29H39BN4O7. The summed E-state index contributed by atoms with van der Waals surface area (Å²) in [6.07, 6.45) is 5.75. The van der Waals surface area contributed by atoms with Crippen LogP contribution in [0.1, 0.15) is 45.1 Å².